The smallest absolute Gasteiger partial charge is 0.270 e. The van der Waals surface area contributed by atoms with Gasteiger partial charge in [-0.25, -0.2) is 4.98 Å². The van der Waals surface area contributed by atoms with Crippen LogP contribution in [-0.2, 0) is 20.8 Å². The highest BCUT2D eigenvalue weighted by Crippen LogP contribution is 2.23. The SMILES string of the molecule is CC(C)(C)NC(=O)C1CSCN1C[C@@H](O)C(Cc1ccccc1)NC(=O)C[C@H](NC(=O)c1ccc2ccccc2n1)C(N)=O. The molecule has 1 fully saturated rings. The number of primary amides is 1. The molecule has 0 aliphatic carbocycles. The van der Waals surface area contributed by atoms with Crippen LogP contribution >= 0.6 is 11.8 Å². The highest BCUT2D eigenvalue weighted by Gasteiger charge is 2.36. The number of hydrogen-bond donors (Lipinski definition) is 5. The van der Waals surface area contributed by atoms with E-state index in [1.165, 1.54) is 6.07 Å². The first-order valence-corrected chi connectivity index (χ1v) is 15.7. The molecule has 4 amide bonds. The molecule has 11 nitrogen and oxygen atoms in total. The molecule has 0 radical (unpaired) electrons. The molecule has 4 atom stereocenters. The normalized spacial score (nSPS) is 17.4. The maximum absolute atomic E-state index is 13.2. The lowest BCUT2D eigenvalue weighted by molar-refractivity contribution is -0.128. The van der Waals surface area contributed by atoms with E-state index < -0.39 is 53.9 Å². The van der Waals surface area contributed by atoms with Gasteiger partial charge in [0.2, 0.25) is 17.7 Å². The molecule has 3 aromatic rings. The summed E-state index contributed by atoms with van der Waals surface area (Å²) in [5.74, 6) is -1.05. The zero-order valence-corrected chi connectivity index (χ0v) is 26.0. The molecule has 234 valence electrons. The molecule has 12 heteroatoms. The number of aliphatic hydroxyl groups excluding tert-OH is 1. The average molecular weight is 621 g/mol. The standard InChI is InChI=1S/C32H40N6O5S/c1-32(2,3)37-31(43)26-18-44-19-38(26)17-27(39)24(15-20-9-5-4-6-10-20)35-28(40)16-25(29(33)41)36-30(42)23-14-13-21-11-7-8-12-22(21)34-23/h4-14,24-27,39H,15-19H2,1-3H3,(H2,33,41)(H,35,40)(H,36,42)(H,37,43)/t24?,25-,26?,27+/m0/s1. The van der Waals surface area contributed by atoms with E-state index in [0.29, 0.717) is 23.6 Å². The Morgan fingerprint density at radius 1 is 1.02 bits per heavy atom. The molecule has 1 aromatic heterocycles. The maximum Gasteiger partial charge on any atom is 0.270 e. The summed E-state index contributed by atoms with van der Waals surface area (Å²) in [6.07, 6.45) is -1.16. The first-order valence-electron chi connectivity index (χ1n) is 14.5. The monoisotopic (exact) mass is 620 g/mol. The van der Waals surface area contributed by atoms with Gasteiger partial charge in [0.25, 0.3) is 5.91 Å². The van der Waals surface area contributed by atoms with E-state index in [4.69, 9.17) is 5.73 Å². The van der Waals surface area contributed by atoms with Gasteiger partial charge in [0.15, 0.2) is 0 Å². The van der Waals surface area contributed by atoms with Gasteiger partial charge in [-0.15, -0.1) is 11.8 Å². The van der Waals surface area contributed by atoms with Crippen LogP contribution in [0.15, 0.2) is 66.7 Å². The number of nitrogens with zero attached hydrogens (tertiary/aromatic N) is 2. The number of para-hydroxylation sites is 1. The largest absolute Gasteiger partial charge is 0.390 e. The first-order chi connectivity index (χ1) is 20.9. The van der Waals surface area contributed by atoms with Crippen molar-refractivity contribution >= 4 is 46.3 Å². The van der Waals surface area contributed by atoms with Crippen LogP contribution in [0.4, 0.5) is 0 Å². The number of carbonyl (C=O) groups excluding carboxylic acids is 4. The van der Waals surface area contributed by atoms with E-state index in [-0.39, 0.29) is 18.1 Å². The predicted molar refractivity (Wildman–Crippen MR) is 171 cm³/mol. The van der Waals surface area contributed by atoms with Gasteiger partial charge >= 0.3 is 0 Å². The zero-order chi connectivity index (χ0) is 31.9. The summed E-state index contributed by atoms with van der Waals surface area (Å²) in [4.78, 5) is 57.6. The van der Waals surface area contributed by atoms with Gasteiger partial charge < -0.3 is 26.8 Å². The molecule has 2 heterocycles. The van der Waals surface area contributed by atoms with E-state index in [1.807, 2.05) is 68.1 Å². The third kappa shape index (κ3) is 9.25. The lowest BCUT2D eigenvalue weighted by Crippen LogP contribution is -2.55. The highest BCUT2D eigenvalue weighted by atomic mass is 32.2. The van der Waals surface area contributed by atoms with Gasteiger partial charge in [0, 0.05) is 29.1 Å². The van der Waals surface area contributed by atoms with Crippen molar-refractivity contribution in [3.63, 3.8) is 0 Å². The Morgan fingerprint density at radius 2 is 1.73 bits per heavy atom. The summed E-state index contributed by atoms with van der Waals surface area (Å²) in [6.45, 7) is 5.89. The Morgan fingerprint density at radius 3 is 2.43 bits per heavy atom. The number of benzene rings is 2. The highest BCUT2D eigenvalue weighted by molar-refractivity contribution is 7.99. The summed E-state index contributed by atoms with van der Waals surface area (Å²) >= 11 is 1.60. The number of aromatic nitrogens is 1. The van der Waals surface area contributed by atoms with Gasteiger partial charge in [-0.1, -0.05) is 54.6 Å². The van der Waals surface area contributed by atoms with Gasteiger partial charge in [0.05, 0.1) is 30.1 Å². The molecular formula is C32H40N6O5S. The fourth-order valence-electron chi connectivity index (χ4n) is 4.97. The van der Waals surface area contributed by atoms with Crippen molar-refractivity contribution in [2.45, 2.75) is 63.4 Å². The van der Waals surface area contributed by atoms with Crippen molar-refractivity contribution in [1.82, 2.24) is 25.8 Å². The van der Waals surface area contributed by atoms with Gasteiger partial charge in [-0.3, -0.25) is 24.1 Å². The fourth-order valence-corrected chi connectivity index (χ4v) is 6.18. The van der Waals surface area contributed by atoms with E-state index in [9.17, 15) is 24.3 Å². The van der Waals surface area contributed by atoms with Crippen molar-refractivity contribution in [2.75, 3.05) is 18.2 Å². The molecule has 2 aromatic carbocycles. The summed E-state index contributed by atoms with van der Waals surface area (Å²) in [7, 11) is 0. The van der Waals surface area contributed by atoms with Crippen LogP contribution < -0.4 is 21.7 Å². The van der Waals surface area contributed by atoms with Crippen molar-refractivity contribution in [2.24, 2.45) is 5.73 Å². The van der Waals surface area contributed by atoms with Crippen molar-refractivity contribution in [1.29, 1.82) is 0 Å². The molecule has 0 bridgehead atoms. The van der Waals surface area contributed by atoms with Crippen LogP contribution in [0.25, 0.3) is 10.9 Å². The Kier molecular flexibility index (Phi) is 11.0. The predicted octanol–water partition coefficient (Wildman–Crippen LogP) is 1.59. The molecule has 1 saturated heterocycles. The second-order valence-corrected chi connectivity index (χ2v) is 13.0. The number of nitrogens with one attached hydrogen (secondary N) is 3. The summed E-state index contributed by atoms with van der Waals surface area (Å²) < 4.78 is 0. The van der Waals surface area contributed by atoms with Crippen molar-refractivity contribution < 1.29 is 24.3 Å². The van der Waals surface area contributed by atoms with E-state index in [2.05, 4.69) is 20.9 Å². The number of fused-ring (bicyclic) bond motifs is 1. The van der Waals surface area contributed by atoms with Gasteiger partial charge in [0.1, 0.15) is 11.7 Å². The molecule has 1 aliphatic heterocycles. The molecule has 1 aliphatic rings. The van der Waals surface area contributed by atoms with Crippen LogP contribution in [0.5, 0.6) is 0 Å². The van der Waals surface area contributed by atoms with Crippen LogP contribution in [0.1, 0.15) is 43.2 Å². The molecule has 0 saturated carbocycles. The average Bonchev–Trinajstić information content (AvgIpc) is 3.44. The first kappa shape index (κ1) is 32.9. The molecule has 44 heavy (non-hydrogen) atoms. The lowest BCUT2D eigenvalue weighted by atomic mass is 9.99. The third-order valence-corrected chi connectivity index (χ3v) is 8.24. The number of pyridine rings is 1. The Hall–Kier alpha value is -4.00. The molecule has 6 N–H and O–H groups in total. The second kappa shape index (κ2) is 14.7. The van der Waals surface area contributed by atoms with Gasteiger partial charge in [-0.2, -0.15) is 0 Å². The number of rotatable bonds is 12. The Labute approximate surface area is 261 Å². The zero-order valence-electron chi connectivity index (χ0n) is 25.2. The van der Waals surface area contributed by atoms with E-state index in [1.54, 1.807) is 30.0 Å². The fraction of sp³-hybridized carbons (Fsp3) is 0.406. The van der Waals surface area contributed by atoms with Crippen LogP contribution in [0, 0.1) is 0 Å². The Bertz CT molecular complexity index is 1480. The minimum atomic E-state index is -1.30. The molecule has 4 rings (SSSR count). The molecular weight excluding hydrogens is 580 g/mol. The minimum Gasteiger partial charge on any atom is -0.390 e. The van der Waals surface area contributed by atoms with Gasteiger partial charge in [-0.05, 0) is 44.9 Å². The van der Waals surface area contributed by atoms with E-state index in [0.717, 1.165) is 10.9 Å². The number of aliphatic hydroxyl groups is 1. The number of hydrogen-bond acceptors (Lipinski definition) is 8. The summed E-state index contributed by atoms with van der Waals surface area (Å²) in [6, 6.07) is 17.5. The number of amides is 4. The van der Waals surface area contributed by atoms with Crippen molar-refractivity contribution in [3.8, 4) is 0 Å². The van der Waals surface area contributed by atoms with Crippen LogP contribution in [0.3, 0.4) is 0 Å². The number of carbonyl (C=O) groups is 4. The van der Waals surface area contributed by atoms with Crippen LogP contribution in [0.2, 0.25) is 0 Å². The molecule has 2 unspecified atom stereocenters. The van der Waals surface area contributed by atoms with Crippen molar-refractivity contribution in [3.05, 3.63) is 78.0 Å². The summed E-state index contributed by atoms with van der Waals surface area (Å²) in [5.41, 5.74) is 6.75. The lowest BCUT2D eigenvalue weighted by Gasteiger charge is -2.32. The topological polar surface area (TPSA) is 167 Å². The number of thioether (sulfide) groups is 1. The number of nitrogens with two attached hydrogens (primary N) is 1. The maximum atomic E-state index is 13.2. The molecule has 0 spiro atoms. The third-order valence-electron chi connectivity index (χ3n) is 7.17. The Balaban J connectivity index is 1.44. The van der Waals surface area contributed by atoms with Crippen LogP contribution in [-0.4, -0.2) is 86.6 Å². The van der Waals surface area contributed by atoms with E-state index >= 15 is 0 Å². The second-order valence-electron chi connectivity index (χ2n) is 12.0. The minimum absolute atomic E-state index is 0.0845. The summed E-state index contributed by atoms with van der Waals surface area (Å²) in [5, 5.41) is 20.6. The quantitative estimate of drug-likeness (QED) is 0.204. The number of β-amino-alcohol motifs (C(OH)–C–C–N with tert-alkyl or cyclic N) is 1.